The zero-order chi connectivity index (χ0) is 21.4. The van der Waals surface area contributed by atoms with E-state index in [9.17, 15) is 15.0 Å². The van der Waals surface area contributed by atoms with Crippen molar-refractivity contribution in [3.05, 3.63) is 64.1 Å². The molecule has 1 unspecified atom stereocenters. The molecule has 0 fully saturated rings. The molecular weight excluding hydrogens is 388 g/mol. The number of nitrogen functional groups attached to an aromatic ring is 1. The summed E-state index contributed by atoms with van der Waals surface area (Å²) < 4.78 is 0. The molecule has 1 aromatic heterocycles. The first-order valence-electron chi connectivity index (χ1n) is 9.30. The molecule has 0 spiro atoms. The van der Waals surface area contributed by atoms with Gasteiger partial charge in [0.15, 0.2) is 0 Å². The van der Waals surface area contributed by atoms with Crippen molar-refractivity contribution >= 4 is 28.6 Å². The number of nitrogens with zero attached hydrogens (tertiary/aromatic N) is 3. The first-order chi connectivity index (χ1) is 13.9. The lowest BCUT2D eigenvalue weighted by Crippen LogP contribution is -2.22. The van der Waals surface area contributed by atoms with Crippen LogP contribution in [0.4, 0.5) is 5.82 Å². The van der Waals surface area contributed by atoms with Crippen molar-refractivity contribution in [3.63, 3.8) is 0 Å². The number of thiol groups is 1. The summed E-state index contributed by atoms with van der Waals surface area (Å²) in [5.74, 6) is 0.709. The summed E-state index contributed by atoms with van der Waals surface area (Å²) in [6, 6.07) is 9.68. The van der Waals surface area contributed by atoms with E-state index in [1.165, 1.54) is 4.90 Å². The topological polar surface area (TPSA) is 113 Å². The number of hydrogen-bond acceptors (Lipinski definition) is 5. The summed E-state index contributed by atoms with van der Waals surface area (Å²) in [7, 11) is 0. The third-order valence-corrected chi connectivity index (χ3v) is 6.05. The molecule has 0 aliphatic carbocycles. The zero-order valence-corrected chi connectivity index (χ0v) is 17.8. The quantitative estimate of drug-likeness (QED) is 0.284. The molecule has 1 atom stereocenters. The molecule has 0 radical (unpaired) electrons. The number of amides is 1. The molecule has 0 aliphatic heterocycles. The van der Waals surface area contributed by atoms with Gasteiger partial charge in [0.05, 0.1) is 11.6 Å². The van der Waals surface area contributed by atoms with Crippen LogP contribution in [0.2, 0.25) is 0 Å². The van der Waals surface area contributed by atoms with Gasteiger partial charge in [-0.05, 0) is 24.3 Å². The highest BCUT2D eigenvalue weighted by Crippen LogP contribution is 2.26. The summed E-state index contributed by atoms with van der Waals surface area (Å²) >= 11 is 0.570. The summed E-state index contributed by atoms with van der Waals surface area (Å²) in [5.41, 5.74) is 8.23. The van der Waals surface area contributed by atoms with Gasteiger partial charge in [-0.25, -0.2) is 9.97 Å². The number of aliphatic hydroxyl groups excluding tert-OH is 2. The molecule has 7 nitrogen and oxygen atoms in total. The van der Waals surface area contributed by atoms with Gasteiger partial charge in [-0.2, -0.15) is 0 Å². The molecule has 1 heterocycles. The Morgan fingerprint density at radius 1 is 1.34 bits per heavy atom. The van der Waals surface area contributed by atoms with Gasteiger partial charge in [-0.3, -0.25) is 4.79 Å². The summed E-state index contributed by atoms with van der Waals surface area (Å²) in [6.07, 6.45) is 2.65. The van der Waals surface area contributed by atoms with E-state index in [1.54, 1.807) is 20.0 Å². The van der Waals surface area contributed by atoms with Crippen molar-refractivity contribution in [1.82, 2.24) is 14.9 Å². The van der Waals surface area contributed by atoms with Crippen LogP contribution in [-0.4, -0.2) is 43.1 Å². The third kappa shape index (κ3) is 6.22. The molecule has 0 saturated carbocycles. The van der Waals surface area contributed by atoms with Crippen LogP contribution < -0.4 is 5.73 Å². The molecule has 1 aromatic carbocycles. The normalized spacial score (nSPS) is 13.9. The predicted molar refractivity (Wildman–Crippen MR) is 119 cm³/mol. The van der Waals surface area contributed by atoms with Crippen LogP contribution in [0.15, 0.2) is 47.1 Å². The van der Waals surface area contributed by atoms with Crippen molar-refractivity contribution in [2.45, 2.75) is 39.7 Å². The Kier molecular flexibility index (Phi) is 8.50. The molecule has 0 saturated heterocycles. The van der Waals surface area contributed by atoms with Crippen molar-refractivity contribution in [2.75, 3.05) is 12.3 Å². The van der Waals surface area contributed by atoms with Gasteiger partial charge in [0, 0.05) is 36.4 Å². The minimum atomic E-state index is -0.176. The fourth-order valence-corrected chi connectivity index (χ4v) is 3.89. The van der Waals surface area contributed by atoms with E-state index in [0.29, 0.717) is 47.1 Å². The van der Waals surface area contributed by atoms with Crippen LogP contribution in [0.5, 0.6) is 0 Å². The van der Waals surface area contributed by atoms with Gasteiger partial charge >= 0.3 is 0 Å². The lowest BCUT2D eigenvalue weighted by molar-refractivity contribution is -0.116. The Morgan fingerprint density at radius 3 is 2.62 bits per heavy atom. The van der Waals surface area contributed by atoms with E-state index < -0.39 is 0 Å². The van der Waals surface area contributed by atoms with Crippen molar-refractivity contribution < 1.29 is 15.0 Å². The molecule has 2 aromatic rings. The Bertz CT molecular complexity index is 900. The van der Waals surface area contributed by atoms with Gasteiger partial charge < -0.3 is 20.8 Å². The van der Waals surface area contributed by atoms with Gasteiger partial charge in [0.25, 0.3) is 0 Å². The molecule has 156 valence electrons. The summed E-state index contributed by atoms with van der Waals surface area (Å²) in [4.78, 5) is 22.3. The third-order valence-electron chi connectivity index (χ3n) is 4.62. The van der Waals surface area contributed by atoms with Gasteiger partial charge in [-0.1, -0.05) is 37.3 Å². The van der Waals surface area contributed by atoms with Gasteiger partial charge in [0.2, 0.25) is 6.41 Å². The summed E-state index contributed by atoms with van der Waals surface area (Å²) in [5, 5.41) is 20.4. The Balaban J connectivity index is 2.34. The molecule has 4 N–H and O–H groups in total. The number of hydrogen-bond donors (Lipinski definition) is 4. The largest absolute Gasteiger partial charge is 0.396 e. The van der Waals surface area contributed by atoms with E-state index >= 15 is 0 Å². The predicted octanol–water partition coefficient (Wildman–Crippen LogP) is 2.90. The van der Waals surface area contributed by atoms with Crippen molar-refractivity contribution in [1.29, 1.82) is 0 Å². The highest BCUT2D eigenvalue weighted by Gasteiger charge is 2.15. The maximum absolute atomic E-state index is 11.8. The first kappa shape index (κ1) is 22.7. The van der Waals surface area contributed by atoms with E-state index in [4.69, 9.17) is 5.73 Å². The molecule has 1 amide bonds. The van der Waals surface area contributed by atoms with Crippen LogP contribution in [-0.2, 0) is 11.3 Å². The number of aliphatic hydroxyl groups is 2. The lowest BCUT2D eigenvalue weighted by Gasteiger charge is -2.22. The van der Waals surface area contributed by atoms with Crippen LogP contribution >= 0.6 is 11.4 Å². The molecule has 29 heavy (non-hydrogen) atoms. The number of benzene rings is 1. The van der Waals surface area contributed by atoms with Crippen molar-refractivity contribution in [2.24, 2.45) is 0 Å². The van der Waals surface area contributed by atoms with Crippen LogP contribution in [0.1, 0.15) is 43.1 Å². The molecule has 8 heteroatoms. The number of aryl methyl sites for hydroxylation is 1. The van der Waals surface area contributed by atoms with E-state index in [2.05, 4.69) is 9.97 Å². The number of carbonyl (C=O) groups excluding carboxylic acids is 1. The van der Waals surface area contributed by atoms with Gasteiger partial charge in [0.1, 0.15) is 11.6 Å². The number of anilines is 1. The number of nitrogens with two attached hydrogens (primary N) is 1. The molecule has 2 rings (SSSR count). The van der Waals surface area contributed by atoms with E-state index in [0.717, 1.165) is 10.5 Å². The van der Waals surface area contributed by atoms with Crippen LogP contribution in [0.3, 0.4) is 0 Å². The number of carbonyl (C=O) groups is 1. The smallest absolute Gasteiger partial charge is 0.214 e. The first-order valence-corrected chi connectivity index (χ1v) is 10.2. The number of allylic oxidation sites excluding steroid dienone is 1. The standard InChI is InChI=1S/C21H28N4O3S/c1-14(17-7-5-4-6-8-17)21(28)29-19(9-10-26)15(2)25(13-27)12-18-11-23-16(3)24-20(18)22/h4-8,11,13-14,26,28-29H,9-10,12H2,1-3H3,(H2,22,23,24)/b19-15-. The van der Waals surface area contributed by atoms with Crippen molar-refractivity contribution in [3.8, 4) is 0 Å². The van der Waals surface area contributed by atoms with Gasteiger partial charge in [-0.15, -0.1) is 11.4 Å². The summed E-state index contributed by atoms with van der Waals surface area (Å²) in [6.45, 7) is 5.58. The molecule has 0 aliphatic rings. The zero-order valence-electron chi connectivity index (χ0n) is 16.9. The Labute approximate surface area is 174 Å². The highest BCUT2D eigenvalue weighted by molar-refractivity contribution is 8.02. The highest BCUT2D eigenvalue weighted by atomic mass is 32.1. The number of rotatable bonds is 9. The second kappa shape index (κ2) is 10.8. The average Bonchev–Trinajstić information content (AvgIpc) is 2.72. The maximum Gasteiger partial charge on any atom is 0.214 e. The van der Waals surface area contributed by atoms with E-state index in [1.807, 2.05) is 37.3 Å². The fourth-order valence-electron chi connectivity index (χ4n) is 2.77. The molecular formula is C21H28N4O3S. The minimum Gasteiger partial charge on any atom is -0.396 e. The Morgan fingerprint density at radius 2 is 2.03 bits per heavy atom. The monoisotopic (exact) mass is 416 g/mol. The van der Waals surface area contributed by atoms with Crippen LogP contribution in [0, 0.1) is 6.92 Å². The average molecular weight is 417 g/mol. The second-order valence-corrected chi connectivity index (χ2v) is 7.89. The maximum atomic E-state index is 11.8. The molecule has 0 bridgehead atoms. The lowest BCUT2D eigenvalue weighted by atomic mass is 10.0. The Hall–Kier alpha value is -2.55. The second-order valence-electron chi connectivity index (χ2n) is 6.67. The van der Waals surface area contributed by atoms with E-state index in [-0.39, 0.29) is 24.1 Å². The van der Waals surface area contributed by atoms with Crippen LogP contribution in [0.25, 0.3) is 0 Å². The minimum absolute atomic E-state index is 0.0881. The number of aromatic nitrogens is 2. The fraction of sp³-hybridized carbons (Fsp3) is 0.333. The SMILES string of the molecule is C/C(=C(CCO)/[SH]=C(\O)C(C)c1ccccc1)N(C=O)Cc1cnc(C)nc1N.